The second kappa shape index (κ2) is 10.5. The van der Waals surface area contributed by atoms with Gasteiger partial charge in [-0.25, -0.2) is 4.79 Å². The fourth-order valence-electron chi connectivity index (χ4n) is 2.82. The van der Waals surface area contributed by atoms with E-state index in [2.05, 4.69) is 6.58 Å². The number of ether oxygens (including phenoxy) is 3. The van der Waals surface area contributed by atoms with Crippen molar-refractivity contribution in [3.63, 3.8) is 0 Å². The zero-order valence-corrected chi connectivity index (χ0v) is 18.0. The number of hydrogen-bond acceptors (Lipinski definition) is 5. The molecule has 0 saturated heterocycles. The minimum atomic E-state index is -0.606. The fourth-order valence-corrected chi connectivity index (χ4v) is 2.82. The summed E-state index contributed by atoms with van der Waals surface area (Å²) < 4.78 is 16.0. The summed E-state index contributed by atoms with van der Waals surface area (Å²) in [4.78, 5) is 27.0. The molecule has 0 saturated carbocycles. The highest BCUT2D eigenvalue weighted by atomic mass is 16.5. The molecule has 2 rings (SSSR count). The number of amides is 1. The maximum absolute atomic E-state index is 12.8. The van der Waals surface area contributed by atoms with E-state index in [0.717, 1.165) is 5.56 Å². The SMILES string of the molecule is C=CCOc1ccc(C(=O)OCC(=O)N(Cc2ccccc2)C(C)(C)C)cc1OC. The predicted molar refractivity (Wildman–Crippen MR) is 116 cm³/mol. The largest absolute Gasteiger partial charge is 0.493 e. The third-order valence-electron chi connectivity index (χ3n) is 4.38. The molecule has 0 aromatic heterocycles. The van der Waals surface area contributed by atoms with Gasteiger partial charge in [0.05, 0.1) is 12.7 Å². The molecule has 0 N–H and O–H groups in total. The first-order valence-electron chi connectivity index (χ1n) is 9.69. The number of benzene rings is 2. The molecule has 0 spiro atoms. The summed E-state index contributed by atoms with van der Waals surface area (Å²) in [6, 6.07) is 14.4. The van der Waals surface area contributed by atoms with Gasteiger partial charge < -0.3 is 19.1 Å². The number of methoxy groups -OCH3 is 1. The van der Waals surface area contributed by atoms with Gasteiger partial charge in [-0.1, -0.05) is 43.0 Å². The summed E-state index contributed by atoms with van der Waals surface area (Å²) in [6.07, 6.45) is 1.61. The number of rotatable bonds is 9. The predicted octanol–water partition coefficient (Wildman–Crippen LogP) is 4.24. The minimum Gasteiger partial charge on any atom is -0.493 e. The average molecular weight is 411 g/mol. The normalized spacial score (nSPS) is 10.8. The molecule has 0 aliphatic carbocycles. The van der Waals surface area contributed by atoms with Crippen LogP contribution in [0.25, 0.3) is 0 Å². The molecule has 6 nitrogen and oxygen atoms in total. The fraction of sp³-hybridized carbons (Fsp3) is 0.333. The highest BCUT2D eigenvalue weighted by Crippen LogP contribution is 2.28. The molecule has 30 heavy (non-hydrogen) atoms. The molecule has 0 aliphatic rings. The first-order valence-corrected chi connectivity index (χ1v) is 9.69. The van der Waals surface area contributed by atoms with Crippen LogP contribution in [0.3, 0.4) is 0 Å². The summed E-state index contributed by atoms with van der Waals surface area (Å²) in [5.74, 6) is 0.0212. The molecular formula is C24H29NO5. The van der Waals surface area contributed by atoms with E-state index in [-0.39, 0.29) is 18.1 Å². The zero-order chi connectivity index (χ0) is 22.1. The Morgan fingerprint density at radius 1 is 1.07 bits per heavy atom. The maximum atomic E-state index is 12.8. The molecule has 2 aromatic carbocycles. The Balaban J connectivity index is 2.05. The lowest BCUT2D eigenvalue weighted by Crippen LogP contribution is -2.46. The first-order chi connectivity index (χ1) is 14.3. The van der Waals surface area contributed by atoms with Crippen LogP contribution in [0.1, 0.15) is 36.7 Å². The van der Waals surface area contributed by atoms with Crippen molar-refractivity contribution in [2.45, 2.75) is 32.9 Å². The minimum absolute atomic E-state index is 0.266. The van der Waals surface area contributed by atoms with Crippen LogP contribution in [0.15, 0.2) is 61.2 Å². The van der Waals surface area contributed by atoms with Crippen molar-refractivity contribution in [3.8, 4) is 11.5 Å². The Kier molecular flexibility index (Phi) is 8.04. The molecule has 0 radical (unpaired) electrons. The number of carbonyl (C=O) groups is 2. The Hall–Kier alpha value is -3.28. The lowest BCUT2D eigenvalue weighted by Gasteiger charge is -2.35. The number of nitrogens with zero attached hydrogens (tertiary/aromatic N) is 1. The van der Waals surface area contributed by atoms with Gasteiger partial charge in [0.15, 0.2) is 18.1 Å². The van der Waals surface area contributed by atoms with Crippen molar-refractivity contribution in [1.82, 2.24) is 4.90 Å². The Morgan fingerprint density at radius 2 is 1.77 bits per heavy atom. The van der Waals surface area contributed by atoms with E-state index in [0.29, 0.717) is 24.7 Å². The van der Waals surface area contributed by atoms with Gasteiger partial charge in [0.1, 0.15) is 6.61 Å². The van der Waals surface area contributed by atoms with E-state index in [1.807, 2.05) is 51.1 Å². The standard InChI is InChI=1S/C24H29NO5/c1-6-14-29-20-13-12-19(15-21(20)28-5)23(27)30-17-22(26)25(24(2,3)4)16-18-10-8-7-9-11-18/h6-13,15H,1,14,16-17H2,2-5H3. The quantitative estimate of drug-likeness (QED) is 0.456. The van der Waals surface area contributed by atoms with Gasteiger partial charge in [-0.05, 0) is 44.5 Å². The monoisotopic (exact) mass is 411 g/mol. The van der Waals surface area contributed by atoms with Crippen LogP contribution >= 0.6 is 0 Å². The highest BCUT2D eigenvalue weighted by Gasteiger charge is 2.27. The van der Waals surface area contributed by atoms with Crippen molar-refractivity contribution in [2.24, 2.45) is 0 Å². The van der Waals surface area contributed by atoms with Crippen molar-refractivity contribution < 1.29 is 23.8 Å². The molecule has 160 valence electrons. The Bertz CT molecular complexity index is 871. The number of carbonyl (C=O) groups excluding carboxylic acids is 2. The summed E-state index contributed by atoms with van der Waals surface area (Å²) in [5.41, 5.74) is 0.857. The third kappa shape index (κ3) is 6.37. The van der Waals surface area contributed by atoms with Crippen LogP contribution < -0.4 is 9.47 Å². The first kappa shape index (κ1) is 23.0. The van der Waals surface area contributed by atoms with Crippen molar-refractivity contribution >= 4 is 11.9 Å². The molecule has 0 atom stereocenters. The van der Waals surface area contributed by atoms with Gasteiger partial charge in [-0.3, -0.25) is 4.79 Å². The third-order valence-corrected chi connectivity index (χ3v) is 4.38. The maximum Gasteiger partial charge on any atom is 0.338 e. The van der Waals surface area contributed by atoms with Crippen LogP contribution in [0, 0.1) is 0 Å². The second-order valence-electron chi connectivity index (χ2n) is 7.68. The van der Waals surface area contributed by atoms with Gasteiger partial charge in [0.2, 0.25) is 0 Å². The lowest BCUT2D eigenvalue weighted by molar-refractivity contribution is -0.140. The van der Waals surface area contributed by atoms with Crippen LogP contribution in [0.4, 0.5) is 0 Å². The molecule has 0 heterocycles. The Labute approximate surface area is 178 Å². The van der Waals surface area contributed by atoms with Crippen LogP contribution in [-0.4, -0.2) is 42.6 Å². The summed E-state index contributed by atoms with van der Waals surface area (Å²) in [5, 5.41) is 0. The van der Waals surface area contributed by atoms with Crippen molar-refractivity contribution in [1.29, 1.82) is 0 Å². The second-order valence-corrected chi connectivity index (χ2v) is 7.68. The summed E-state index contributed by atoms with van der Waals surface area (Å²) in [6.45, 7) is 9.85. The molecule has 0 aliphatic heterocycles. The molecule has 1 amide bonds. The van der Waals surface area contributed by atoms with Crippen LogP contribution in [0.5, 0.6) is 11.5 Å². The average Bonchev–Trinajstić information content (AvgIpc) is 2.73. The van der Waals surface area contributed by atoms with Crippen LogP contribution in [0.2, 0.25) is 0 Å². The number of hydrogen-bond donors (Lipinski definition) is 0. The smallest absolute Gasteiger partial charge is 0.338 e. The molecule has 0 unspecified atom stereocenters. The van der Waals surface area contributed by atoms with Gasteiger partial charge in [0, 0.05) is 12.1 Å². The topological polar surface area (TPSA) is 65.1 Å². The van der Waals surface area contributed by atoms with Gasteiger partial charge in [0.25, 0.3) is 5.91 Å². The van der Waals surface area contributed by atoms with Crippen LogP contribution in [-0.2, 0) is 16.1 Å². The van der Waals surface area contributed by atoms with Gasteiger partial charge in [-0.2, -0.15) is 0 Å². The van der Waals surface area contributed by atoms with E-state index < -0.39 is 11.5 Å². The van der Waals surface area contributed by atoms with Crippen molar-refractivity contribution in [3.05, 3.63) is 72.3 Å². The molecule has 6 heteroatoms. The summed E-state index contributed by atoms with van der Waals surface area (Å²) in [7, 11) is 1.49. The Morgan fingerprint density at radius 3 is 2.37 bits per heavy atom. The van der Waals surface area contributed by atoms with E-state index in [9.17, 15) is 9.59 Å². The van der Waals surface area contributed by atoms with E-state index in [1.165, 1.54) is 13.2 Å². The number of esters is 1. The molecule has 2 aromatic rings. The molecular weight excluding hydrogens is 382 g/mol. The highest BCUT2D eigenvalue weighted by molar-refractivity contribution is 5.92. The van der Waals surface area contributed by atoms with Gasteiger partial charge >= 0.3 is 5.97 Å². The van der Waals surface area contributed by atoms with E-state index in [4.69, 9.17) is 14.2 Å². The van der Waals surface area contributed by atoms with Gasteiger partial charge in [-0.15, -0.1) is 0 Å². The summed E-state index contributed by atoms with van der Waals surface area (Å²) >= 11 is 0. The van der Waals surface area contributed by atoms with E-state index in [1.54, 1.807) is 23.1 Å². The zero-order valence-electron chi connectivity index (χ0n) is 18.0. The molecule has 0 fully saturated rings. The lowest BCUT2D eigenvalue weighted by atomic mass is 10.0. The van der Waals surface area contributed by atoms with Crippen molar-refractivity contribution in [2.75, 3.05) is 20.3 Å². The van der Waals surface area contributed by atoms with E-state index >= 15 is 0 Å². The molecule has 0 bridgehead atoms.